The summed E-state index contributed by atoms with van der Waals surface area (Å²) in [4.78, 5) is 47.2. The minimum atomic E-state index is -1.05. The Bertz CT molecular complexity index is 986. The van der Waals surface area contributed by atoms with Crippen LogP contribution < -0.4 is 16.2 Å². The molecule has 2 unspecified atom stereocenters. The molecule has 1 saturated heterocycles. The minimum Gasteiger partial charge on any atom is -0.479 e. The number of amides is 2. The van der Waals surface area contributed by atoms with Gasteiger partial charge in [-0.15, -0.1) is 0 Å². The van der Waals surface area contributed by atoms with Crippen LogP contribution >= 0.6 is 0 Å². The molecular weight excluding hydrogens is 368 g/mol. The molecule has 0 bridgehead atoms. The van der Waals surface area contributed by atoms with Gasteiger partial charge in [-0.3, -0.25) is 19.7 Å². The number of aromatic nitrogens is 2. The van der Waals surface area contributed by atoms with Crippen molar-refractivity contribution in [3.63, 3.8) is 0 Å². The number of hydrogen-bond acceptors (Lipinski definition) is 7. The molecule has 1 fully saturated rings. The van der Waals surface area contributed by atoms with E-state index in [1.807, 2.05) is 0 Å². The van der Waals surface area contributed by atoms with E-state index in [1.54, 1.807) is 18.2 Å². The first-order chi connectivity index (χ1) is 13.4. The van der Waals surface area contributed by atoms with Crippen LogP contribution in [0.15, 0.2) is 29.2 Å². The van der Waals surface area contributed by atoms with Crippen LogP contribution in [0.1, 0.15) is 25.8 Å². The van der Waals surface area contributed by atoms with E-state index < -0.39 is 29.6 Å². The molecule has 2 atom stereocenters. The topological polar surface area (TPSA) is 140 Å². The first-order valence-corrected chi connectivity index (χ1v) is 8.81. The van der Waals surface area contributed by atoms with Crippen LogP contribution in [-0.4, -0.2) is 51.9 Å². The number of imide groups is 1. The second-order valence-corrected chi connectivity index (χ2v) is 6.41. The molecule has 28 heavy (non-hydrogen) atoms. The van der Waals surface area contributed by atoms with E-state index in [0.29, 0.717) is 16.5 Å². The number of carbonyl (C=O) groups excluding carboxylic acids is 2. The molecule has 2 amide bonds. The first kappa shape index (κ1) is 19.5. The third-order valence-electron chi connectivity index (χ3n) is 4.48. The number of carbonyl (C=O) groups is 3. The van der Waals surface area contributed by atoms with E-state index in [4.69, 9.17) is 9.84 Å². The summed E-state index contributed by atoms with van der Waals surface area (Å²) in [6.07, 6.45) is 0.916. The van der Waals surface area contributed by atoms with E-state index in [1.165, 1.54) is 13.1 Å². The molecule has 10 heteroatoms. The third-order valence-corrected chi connectivity index (χ3v) is 4.48. The van der Waals surface area contributed by atoms with E-state index >= 15 is 0 Å². The normalized spacial score (nSPS) is 18.0. The quantitative estimate of drug-likeness (QED) is 0.454. The van der Waals surface area contributed by atoms with Gasteiger partial charge in [-0.05, 0) is 19.4 Å². The van der Waals surface area contributed by atoms with Crippen LogP contribution in [0.4, 0.5) is 5.69 Å². The number of piperidine rings is 1. The summed E-state index contributed by atoms with van der Waals surface area (Å²) in [6, 6.07) is 4.34. The summed E-state index contributed by atoms with van der Waals surface area (Å²) in [5, 5.41) is 19.1. The number of nitrogens with zero attached hydrogens (tertiary/aromatic N) is 2. The molecule has 1 aliphatic rings. The molecule has 10 nitrogen and oxygen atoms in total. The molecular formula is C18H20N4O6. The lowest BCUT2D eigenvalue weighted by molar-refractivity contribution is -0.148. The number of anilines is 1. The Balaban J connectivity index is 1.84. The third kappa shape index (κ3) is 4.01. The molecule has 1 aliphatic heterocycles. The van der Waals surface area contributed by atoms with Gasteiger partial charge < -0.3 is 15.2 Å². The van der Waals surface area contributed by atoms with Crippen molar-refractivity contribution in [1.82, 2.24) is 15.1 Å². The SMILES string of the molecule is CC(OCCNc1cccc2cnn(C3CCC(=O)NC3=O)c(=O)c12)C(=O)O. The Kier molecular flexibility index (Phi) is 5.69. The molecule has 3 rings (SSSR count). The maximum atomic E-state index is 13.0. The maximum Gasteiger partial charge on any atom is 0.332 e. The Morgan fingerprint density at radius 2 is 2.21 bits per heavy atom. The van der Waals surface area contributed by atoms with Crippen LogP contribution in [0.3, 0.4) is 0 Å². The number of hydrogen-bond donors (Lipinski definition) is 3. The van der Waals surface area contributed by atoms with Gasteiger partial charge in [0.2, 0.25) is 5.91 Å². The monoisotopic (exact) mass is 388 g/mol. The van der Waals surface area contributed by atoms with Gasteiger partial charge in [0.25, 0.3) is 11.5 Å². The number of nitrogens with one attached hydrogen (secondary N) is 2. The average molecular weight is 388 g/mol. The van der Waals surface area contributed by atoms with Crippen molar-refractivity contribution in [2.75, 3.05) is 18.5 Å². The van der Waals surface area contributed by atoms with Crippen molar-refractivity contribution in [2.24, 2.45) is 0 Å². The predicted octanol–water partition coefficient (Wildman–Crippen LogP) is 0.276. The van der Waals surface area contributed by atoms with Gasteiger partial charge in [-0.1, -0.05) is 12.1 Å². The van der Waals surface area contributed by atoms with Crippen molar-refractivity contribution >= 4 is 34.2 Å². The van der Waals surface area contributed by atoms with Crippen molar-refractivity contribution in [2.45, 2.75) is 31.9 Å². The summed E-state index contributed by atoms with van der Waals surface area (Å²) < 4.78 is 6.26. The van der Waals surface area contributed by atoms with Gasteiger partial charge in [0.15, 0.2) is 6.10 Å². The highest BCUT2D eigenvalue weighted by Gasteiger charge is 2.30. The van der Waals surface area contributed by atoms with Gasteiger partial charge in [0, 0.05) is 24.0 Å². The van der Waals surface area contributed by atoms with E-state index in [9.17, 15) is 19.2 Å². The van der Waals surface area contributed by atoms with Crippen molar-refractivity contribution in [3.8, 4) is 0 Å². The minimum absolute atomic E-state index is 0.135. The standard InChI is InChI=1S/C18H20N4O6/c1-10(18(26)27)28-8-7-19-12-4-2-3-11-9-20-22(17(25)15(11)12)13-5-6-14(23)21-16(13)24/h2-4,9-10,13,19H,5-8H2,1H3,(H,26,27)(H,21,23,24). The zero-order valence-corrected chi connectivity index (χ0v) is 15.2. The summed E-state index contributed by atoms with van der Waals surface area (Å²) in [7, 11) is 0. The summed E-state index contributed by atoms with van der Waals surface area (Å²) in [6.45, 7) is 1.86. The van der Waals surface area contributed by atoms with E-state index in [-0.39, 0.29) is 31.9 Å². The number of benzene rings is 1. The van der Waals surface area contributed by atoms with Gasteiger partial charge in [-0.2, -0.15) is 5.10 Å². The molecule has 0 spiro atoms. The molecule has 0 saturated carbocycles. The Morgan fingerprint density at radius 3 is 2.93 bits per heavy atom. The fourth-order valence-electron chi connectivity index (χ4n) is 2.99. The fraction of sp³-hybridized carbons (Fsp3) is 0.389. The zero-order chi connectivity index (χ0) is 20.3. The maximum absolute atomic E-state index is 13.0. The second-order valence-electron chi connectivity index (χ2n) is 6.41. The number of ether oxygens (including phenoxy) is 1. The number of fused-ring (bicyclic) bond motifs is 1. The first-order valence-electron chi connectivity index (χ1n) is 8.81. The molecule has 3 N–H and O–H groups in total. The van der Waals surface area contributed by atoms with E-state index in [2.05, 4.69) is 15.7 Å². The molecule has 1 aromatic heterocycles. The lowest BCUT2D eigenvalue weighted by Crippen LogP contribution is -2.45. The van der Waals surface area contributed by atoms with Crippen LogP contribution in [0.2, 0.25) is 0 Å². The van der Waals surface area contributed by atoms with Crippen molar-refractivity contribution in [3.05, 3.63) is 34.7 Å². The number of carboxylic acids is 1. The lowest BCUT2D eigenvalue weighted by atomic mass is 10.1. The number of carboxylic acid groups (broad SMARTS) is 1. The average Bonchev–Trinajstić information content (AvgIpc) is 2.66. The second kappa shape index (κ2) is 8.17. The lowest BCUT2D eigenvalue weighted by Gasteiger charge is -2.22. The highest BCUT2D eigenvalue weighted by Crippen LogP contribution is 2.21. The Morgan fingerprint density at radius 1 is 1.43 bits per heavy atom. The largest absolute Gasteiger partial charge is 0.479 e. The van der Waals surface area contributed by atoms with Gasteiger partial charge in [0.1, 0.15) is 6.04 Å². The molecule has 0 radical (unpaired) electrons. The fourth-order valence-corrected chi connectivity index (χ4v) is 2.99. The molecule has 2 aromatic rings. The predicted molar refractivity (Wildman–Crippen MR) is 99.0 cm³/mol. The summed E-state index contributed by atoms with van der Waals surface area (Å²) in [5.41, 5.74) is 0.0763. The highest BCUT2D eigenvalue weighted by molar-refractivity contribution is 5.99. The van der Waals surface area contributed by atoms with Crippen LogP contribution in [0.5, 0.6) is 0 Å². The van der Waals surface area contributed by atoms with Crippen LogP contribution in [-0.2, 0) is 19.1 Å². The zero-order valence-electron chi connectivity index (χ0n) is 15.2. The summed E-state index contributed by atoms with van der Waals surface area (Å²) >= 11 is 0. The van der Waals surface area contributed by atoms with Crippen LogP contribution in [0.25, 0.3) is 10.8 Å². The molecule has 148 valence electrons. The number of rotatable bonds is 7. The van der Waals surface area contributed by atoms with Gasteiger partial charge in [-0.25, -0.2) is 9.48 Å². The smallest absolute Gasteiger partial charge is 0.332 e. The van der Waals surface area contributed by atoms with Crippen molar-refractivity contribution < 1.29 is 24.2 Å². The molecule has 0 aliphatic carbocycles. The Labute approximate surface area is 159 Å². The Hall–Kier alpha value is -3.27. The molecule has 1 aromatic carbocycles. The number of aliphatic carboxylic acids is 1. The van der Waals surface area contributed by atoms with Crippen molar-refractivity contribution in [1.29, 1.82) is 0 Å². The highest BCUT2D eigenvalue weighted by atomic mass is 16.5. The summed E-state index contributed by atoms with van der Waals surface area (Å²) in [5.74, 6) is -1.97. The van der Waals surface area contributed by atoms with Crippen LogP contribution in [0, 0.1) is 0 Å². The van der Waals surface area contributed by atoms with Gasteiger partial charge >= 0.3 is 5.97 Å². The molecule has 2 heterocycles. The van der Waals surface area contributed by atoms with Gasteiger partial charge in [0.05, 0.1) is 18.2 Å². The van der Waals surface area contributed by atoms with E-state index in [0.717, 1.165) is 4.68 Å².